The zero-order valence-corrected chi connectivity index (χ0v) is 26.2. The predicted octanol–water partition coefficient (Wildman–Crippen LogP) is 8.00. The molecule has 2 amide bonds. The molecule has 0 radical (unpaired) electrons. The van der Waals surface area contributed by atoms with Crippen molar-refractivity contribution >= 4 is 28.4 Å². The second kappa shape index (κ2) is 14.3. The van der Waals surface area contributed by atoms with Crippen LogP contribution in [0.25, 0.3) is 22.0 Å². The number of rotatable bonds is 9. The Balaban J connectivity index is 0.994. The minimum atomic E-state index is -0.272. The van der Waals surface area contributed by atoms with E-state index >= 15 is 0 Å². The molecule has 3 aromatic carbocycles. The molecule has 2 saturated heterocycles. The Bertz CT molecular complexity index is 1620. The van der Waals surface area contributed by atoms with Crippen LogP contribution >= 0.6 is 0 Å². The lowest BCUT2D eigenvalue weighted by molar-refractivity contribution is -0.132. The van der Waals surface area contributed by atoms with Crippen molar-refractivity contribution in [3.63, 3.8) is 0 Å². The van der Waals surface area contributed by atoms with Crippen LogP contribution in [-0.2, 0) is 11.3 Å². The average molecular weight is 607 g/mol. The number of anilines is 1. The Hall–Kier alpha value is -4.10. The lowest BCUT2D eigenvalue weighted by Crippen LogP contribution is -2.35. The number of piperidine rings is 2. The van der Waals surface area contributed by atoms with Gasteiger partial charge in [-0.15, -0.1) is 0 Å². The summed E-state index contributed by atoms with van der Waals surface area (Å²) in [6, 6.07) is 19.9. The number of hydrogen-bond donors (Lipinski definition) is 1. The second-order valence-corrected chi connectivity index (χ2v) is 12.7. The van der Waals surface area contributed by atoms with Crippen LogP contribution in [0.1, 0.15) is 72.9 Å². The molecule has 0 atom stereocenters. The van der Waals surface area contributed by atoms with Crippen molar-refractivity contribution < 1.29 is 14.0 Å². The van der Waals surface area contributed by atoms with Gasteiger partial charge in [0.25, 0.3) is 5.91 Å². The van der Waals surface area contributed by atoms with Crippen LogP contribution in [0.5, 0.6) is 0 Å². The number of nitrogens with zero attached hydrogens (tertiary/aromatic N) is 3. The molecule has 6 rings (SSSR count). The van der Waals surface area contributed by atoms with E-state index in [0.717, 1.165) is 91.7 Å². The molecule has 7 heteroatoms. The molecule has 0 unspecified atom stereocenters. The third-order valence-corrected chi connectivity index (χ3v) is 9.56. The molecule has 234 valence electrons. The van der Waals surface area contributed by atoms with E-state index in [4.69, 9.17) is 4.98 Å². The van der Waals surface area contributed by atoms with Gasteiger partial charge in [-0.2, -0.15) is 0 Å². The molecule has 2 aliphatic rings. The number of aryl methyl sites for hydroxylation is 1. The van der Waals surface area contributed by atoms with Gasteiger partial charge in [0.05, 0.1) is 5.52 Å². The second-order valence-electron chi connectivity index (χ2n) is 12.7. The largest absolute Gasteiger partial charge is 0.343 e. The summed E-state index contributed by atoms with van der Waals surface area (Å²) in [4.78, 5) is 34.9. The molecular weight excluding hydrogens is 563 g/mol. The van der Waals surface area contributed by atoms with Crippen molar-refractivity contribution in [3.05, 3.63) is 95.4 Å². The van der Waals surface area contributed by atoms with E-state index in [-0.39, 0.29) is 11.7 Å². The summed E-state index contributed by atoms with van der Waals surface area (Å²) in [5.41, 5.74) is 6.15. The van der Waals surface area contributed by atoms with Gasteiger partial charge in [-0.05, 0) is 130 Å². The van der Waals surface area contributed by atoms with Crippen LogP contribution in [0.4, 0.5) is 10.1 Å². The first kappa shape index (κ1) is 30.9. The zero-order chi connectivity index (χ0) is 31.2. The summed E-state index contributed by atoms with van der Waals surface area (Å²) in [6.45, 7) is 6.95. The average Bonchev–Trinajstić information content (AvgIpc) is 3.07. The van der Waals surface area contributed by atoms with E-state index in [0.29, 0.717) is 23.8 Å². The van der Waals surface area contributed by atoms with Crippen molar-refractivity contribution in [2.24, 2.45) is 5.92 Å². The maximum Gasteiger partial charge on any atom is 0.255 e. The fraction of sp³-hybridized carbons (Fsp3) is 0.395. The number of carbonyl (C=O) groups is 2. The predicted molar refractivity (Wildman–Crippen MR) is 179 cm³/mol. The van der Waals surface area contributed by atoms with Gasteiger partial charge in [0.1, 0.15) is 5.82 Å². The zero-order valence-electron chi connectivity index (χ0n) is 26.2. The number of halogens is 1. The highest BCUT2D eigenvalue weighted by atomic mass is 19.1. The van der Waals surface area contributed by atoms with E-state index in [1.807, 2.05) is 37.4 Å². The fourth-order valence-corrected chi connectivity index (χ4v) is 6.80. The number of nitrogens with one attached hydrogen (secondary N) is 1. The summed E-state index contributed by atoms with van der Waals surface area (Å²) in [7, 11) is 0. The molecule has 1 N–H and O–H groups in total. The highest BCUT2D eigenvalue weighted by Crippen LogP contribution is 2.28. The third-order valence-electron chi connectivity index (χ3n) is 9.56. The molecule has 0 bridgehead atoms. The SMILES string of the molecule is Cc1c(NC(=O)c2ccc(-c3ccc(F)cc3)cc2)ccc2cc(CN3CCC(CCCC(=O)N4CCCCC4)CC3)cnc12. The Morgan fingerprint density at radius 1 is 0.889 bits per heavy atom. The van der Waals surface area contributed by atoms with E-state index < -0.39 is 0 Å². The van der Waals surface area contributed by atoms with Gasteiger partial charge < -0.3 is 10.2 Å². The number of likely N-dealkylation sites (tertiary alicyclic amines) is 2. The van der Waals surface area contributed by atoms with Crippen LogP contribution in [0.3, 0.4) is 0 Å². The normalized spacial score (nSPS) is 16.2. The molecule has 2 aliphatic heterocycles. The molecule has 0 aliphatic carbocycles. The van der Waals surface area contributed by atoms with Crippen LogP contribution in [0.2, 0.25) is 0 Å². The van der Waals surface area contributed by atoms with E-state index in [1.54, 1.807) is 24.3 Å². The van der Waals surface area contributed by atoms with E-state index in [2.05, 4.69) is 21.2 Å². The quantitative estimate of drug-likeness (QED) is 0.210. The molecule has 2 fully saturated rings. The minimum absolute atomic E-state index is 0.184. The van der Waals surface area contributed by atoms with Crippen molar-refractivity contribution in [1.29, 1.82) is 0 Å². The lowest BCUT2D eigenvalue weighted by atomic mass is 9.91. The highest BCUT2D eigenvalue weighted by molar-refractivity contribution is 6.06. The third kappa shape index (κ3) is 7.77. The van der Waals surface area contributed by atoms with Gasteiger partial charge in [-0.3, -0.25) is 19.5 Å². The monoisotopic (exact) mass is 606 g/mol. The Kier molecular flexibility index (Phi) is 9.84. The van der Waals surface area contributed by atoms with Crippen LogP contribution < -0.4 is 5.32 Å². The molecule has 0 spiro atoms. The Morgan fingerprint density at radius 3 is 2.29 bits per heavy atom. The number of aromatic nitrogens is 1. The molecule has 4 aromatic rings. The summed E-state index contributed by atoms with van der Waals surface area (Å²) in [6.07, 6.45) is 10.8. The van der Waals surface area contributed by atoms with Gasteiger partial charge in [-0.1, -0.05) is 30.3 Å². The number of amides is 2. The first-order valence-electron chi connectivity index (χ1n) is 16.5. The summed E-state index contributed by atoms with van der Waals surface area (Å²) >= 11 is 0. The van der Waals surface area contributed by atoms with Crippen molar-refractivity contribution in [2.45, 2.75) is 64.8 Å². The van der Waals surface area contributed by atoms with Crippen molar-refractivity contribution in [2.75, 3.05) is 31.5 Å². The number of benzene rings is 3. The fourth-order valence-electron chi connectivity index (χ4n) is 6.80. The molecule has 0 saturated carbocycles. The summed E-state index contributed by atoms with van der Waals surface area (Å²) in [5.74, 6) is 0.618. The Labute approximate surface area is 265 Å². The first-order chi connectivity index (χ1) is 21.9. The Morgan fingerprint density at radius 2 is 1.58 bits per heavy atom. The number of hydrogen-bond acceptors (Lipinski definition) is 4. The smallest absolute Gasteiger partial charge is 0.255 e. The van der Waals surface area contributed by atoms with Crippen LogP contribution in [0.15, 0.2) is 72.9 Å². The summed E-state index contributed by atoms with van der Waals surface area (Å²) < 4.78 is 13.3. The minimum Gasteiger partial charge on any atom is -0.343 e. The molecule has 6 nitrogen and oxygen atoms in total. The van der Waals surface area contributed by atoms with Gasteiger partial charge >= 0.3 is 0 Å². The maximum absolute atomic E-state index is 13.3. The molecule has 1 aromatic heterocycles. The van der Waals surface area contributed by atoms with Gasteiger partial charge in [-0.25, -0.2) is 4.39 Å². The molecule has 45 heavy (non-hydrogen) atoms. The van der Waals surface area contributed by atoms with Gasteiger partial charge in [0.15, 0.2) is 0 Å². The number of carbonyl (C=O) groups excluding carboxylic acids is 2. The highest BCUT2D eigenvalue weighted by Gasteiger charge is 2.21. The first-order valence-corrected chi connectivity index (χ1v) is 16.5. The van der Waals surface area contributed by atoms with Crippen molar-refractivity contribution in [1.82, 2.24) is 14.8 Å². The topological polar surface area (TPSA) is 65.5 Å². The maximum atomic E-state index is 13.3. The molecular formula is C38H43FN4O2. The summed E-state index contributed by atoms with van der Waals surface area (Å²) in [5, 5.41) is 4.12. The standard InChI is InChI=1S/C38H43FN4O2/c1-27-35(41-38(45)32-10-8-30(9-11-32)31-12-15-34(39)16-13-31)17-14-33-24-29(25-40-37(27)33)26-42-22-18-28(19-23-42)6-5-7-36(44)43-20-3-2-4-21-43/h8-17,24-25,28H,2-7,18-23,26H2,1H3,(H,41,45). The lowest BCUT2D eigenvalue weighted by Gasteiger charge is -2.32. The number of fused-ring (bicyclic) bond motifs is 1. The number of pyridine rings is 1. The van der Waals surface area contributed by atoms with Crippen LogP contribution in [-0.4, -0.2) is 52.8 Å². The van der Waals surface area contributed by atoms with Gasteiger partial charge in [0, 0.05) is 48.9 Å². The van der Waals surface area contributed by atoms with E-state index in [9.17, 15) is 14.0 Å². The molecule has 3 heterocycles. The van der Waals surface area contributed by atoms with Crippen LogP contribution in [0, 0.1) is 18.7 Å². The van der Waals surface area contributed by atoms with E-state index in [1.165, 1.54) is 37.0 Å². The van der Waals surface area contributed by atoms with Gasteiger partial charge in [0.2, 0.25) is 5.91 Å². The van der Waals surface area contributed by atoms with Crippen molar-refractivity contribution in [3.8, 4) is 11.1 Å².